The van der Waals surface area contributed by atoms with Crippen molar-refractivity contribution in [3.8, 4) is 0 Å². The lowest BCUT2D eigenvalue weighted by Crippen LogP contribution is -2.36. The summed E-state index contributed by atoms with van der Waals surface area (Å²) in [4.78, 5) is 25.5. The summed E-state index contributed by atoms with van der Waals surface area (Å²) in [5, 5.41) is 11.7. The molecule has 6 nitrogen and oxygen atoms in total. The van der Waals surface area contributed by atoms with Crippen LogP contribution < -0.4 is 5.32 Å². The highest BCUT2D eigenvalue weighted by atomic mass is 16.5. The van der Waals surface area contributed by atoms with Crippen molar-refractivity contribution < 1.29 is 19.4 Å². The number of para-hydroxylation sites is 1. The average molecular weight is 294 g/mol. The van der Waals surface area contributed by atoms with Crippen molar-refractivity contribution >= 4 is 17.6 Å². The Morgan fingerprint density at radius 3 is 2.62 bits per heavy atom. The minimum absolute atomic E-state index is 0.00598. The monoisotopic (exact) mass is 294 g/mol. The zero-order valence-corrected chi connectivity index (χ0v) is 12.5. The standard InChI is InChI=1S/C15H22N2O4/c1-3-8-17(9-10-18)11-14(19)16-13-7-5-4-6-12(13)15(20)21-2/h4-7,18H,3,8-11H2,1-2H3,(H,16,19). The van der Waals surface area contributed by atoms with Crippen LogP contribution in [0.2, 0.25) is 0 Å². The molecule has 1 aromatic rings. The molecule has 116 valence electrons. The predicted octanol–water partition coefficient (Wildman–Crippen LogP) is 1.12. The number of benzene rings is 1. The van der Waals surface area contributed by atoms with Crippen LogP contribution in [0.3, 0.4) is 0 Å². The number of carbonyl (C=O) groups is 2. The molecule has 0 spiro atoms. The largest absolute Gasteiger partial charge is 0.465 e. The first-order valence-corrected chi connectivity index (χ1v) is 6.92. The van der Waals surface area contributed by atoms with E-state index in [-0.39, 0.29) is 19.1 Å². The van der Waals surface area contributed by atoms with Crippen LogP contribution in [-0.2, 0) is 9.53 Å². The summed E-state index contributed by atoms with van der Waals surface area (Å²) in [6.07, 6.45) is 0.895. The summed E-state index contributed by atoms with van der Waals surface area (Å²) in [7, 11) is 1.30. The maximum absolute atomic E-state index is 12.0. The Balaban J connectivity index is 2.72. The number of hydrogen-bond acceptors (Lipinski definition) is 5. The number of methoxy groups -OCH3 is 1. The number of aliphatic hydroxyl groups excluding tert-OH is 1. The van der Waals surface area contributed by atoms with Gasteiger partial charge in [-0.25, -0.2) is 4.79 Å². The van der Waals surface area contributed by atoms with Gasteiger partial charge in [-0.05, 0) is 25.1 Å². The van der Waals surface area contributed by atoms with Crippen LogP contribution in [0.1, 0.15) is 23.7 Å². The second kappa shape index (κ2) is 9.10. The number of nitrogens with zero attached hydrogens (tertiary/aromatic N) is 1. The number of carbonyl (C=O) groups excluding carboxylic acids is 2. The zero-order chi connectivity index (χ0) is 15.7. The van der Waals surface area contributed by atoms with E-state index < -0.39 is 5.97 Å². The number of anilines is 1. The Morgan fingerprint density at radius 1 is 1.29 bits per heavy atom. The number of ether oxygens (including phenoxy) is 1. The maximum Gasteiger partial charge on any atom is 0.339 e. The van der Waals surface area contributed by atoms with Crippen molar-refractivity contribution in [3.63, 3.8) is 0 Å². The summed E-state index contributed by atoms with van der Waals surface area (Å²) >= 11 is 0. The van der Waals surface area contributed by atoms with Crippen molar-refractivity contribution in [2.75, 3.05) is 38.7 Å². The van der Waals surface area contributed by atoms with Crippen LogP contribution in [-0.4, -0.2) is 55.2 Å². The molecule has 1 aromatic carbocycles. The number of amides is 1. The van der Waals surface area contributed by atoms with E-state index >= 15 is 0 Å². The van der Waals surface area contributed by atoms with Gasteiger partial charge >= 0.3 is 5.97 Å². The lowest BCUT2D eigenvalue weighted by atomic mass is 10.2. The summed E-state index contributed by atoms with van der Waals surface area (Å²) in [5.41, 5.74) is 0.743. The van der Waals surface area contributed by atoms with Gasteiger partial charge in [0.2, 0.25) is 5.91 Å². The topological polar surface area (TPSA) is 78.9 Å². The molecule has 0 unspecified atom stereocenters. The van der Waals surface area contributed by atoms with Crippen LogP contribution in [0.5, 0.6) is 0 Å². The number of aliphatic hydroxyl groups is 1. The number of hydrogen-bond donors (Lipinski definition) is 2. The molecule has 0 aliphatic rings. The van der Waals surface area contributed by atoms with Gasteiger partial charge in [0, 0.05) is 6.54 Å². The van der Waals surface area contributed by atoms with Gasteiger partial charge in [0.15, 0.2) is 0 Å². The fourth-order valence-corrected chi connectivity index (χ4v) is 2.00. The molecule has 1 rings (SSSR count). The van der Waals surface area contributed by atoms with E-state index in [4.69, 9.17) is 5.11 Å². The highest BCUT2D eigenvalue weighted by Crippen LogP contribution is 2.15. The van der Waals surface area contributed by atoms with Crippen LogP contribution in [0, 0.1) is 0 Å². The van der Waals surface area contributed by atoms with E-state index in [1.807, 2.05) is 11.8 Å². The summed E-state index contributed by atoms with van der Waals surface area (Å²) in [6, 6.07) is 6.69. The van der Waals surface area contributed by atoms with Gasteiger partial charge < -0.3 is 15.2 Å². The summed E-state index contributed by atoms with van der Waals surface area (Å²) in [6.45, 7) is 3.36. The molecule has 0 saturated carbocycles. The Morgan fingerprint density at radius 2 is 2.00 bits per heavy atom. The van der Waals surface area contributed by atoms with Gasteiger partial charge in [-0.1, -0.05) is 19.1 Å². The smallest absolute Gasteiger partial charge is 0.339 e. The van der Waals surface area contributed by atoms with Gasteiger partial charge in [0.25, 0.3) is 0 Å². The first kappa shape index (κ1) is 17.1. The molecule has 0 aromatic heterocycles. The molecule has 6 heteroatoms. The Bertz CT molecular complexity index is 470. The van der Waals surface area contributed by atoms with E-state index in [1.165, 1.54) is 7.11 Å². The molecule has 0 fully saturated rings. The van der Waals surface area contributed by atoms with Gasteiger partial charge in [-0.3, -0.25) is 9.69 Å². The van der Waals surface area contributed by atoms with Crippen molar-refractivity contribution in [2.24, 2.45) is 0 Å². The second-order valence-electron chi connectivity index (χ2n) is 4.59. The van der Waals surface area contributed by atoms with E-state index in [0.29, 0.717) is 17.8 Å². The van der Waals surface area contributed by atoms with Crippen LogP contribution in [0.15, 0.2) is 24.3 Å². The zero-order valence-electron chi connectivity index (χ0n) is 12.5. The third-order valence-electron chi connectivity index (χ3n) is 2.93. The average Bonchev–Trinajstić information content (AvgIpc) is 2.47. The molecule has 21 heavy (non-hydrogen) atoms. The van der Waals surface area contributed by atoms with Gasteiger partial charge in [-0.2, -0.15) is 0 Å². The Labute approximate surface area is 124 Å². The van der Waals surface area contributed by atoms with E-state index in [2.05, 4.69) is 10.1 Å². The molecule has 0 aliphatic carbocycles. The molecule has 0 saturated heterocycles. The maximum atomic E-state index is 12.0. The van der Waals surface area contributed by atoms with Gasteiger partial charge in [0.1, 0.15) is 0 Å². The van der Waals surface area contributed by atoms with Crippen molar-refractivity contribution in [1.82, 2.24) is 4.90 Å². The van der Waals surface area contributed by atoms with Crippen molar-refractivity contribution in [3.05, 3.63) is 29.8 Å². The second-order valence-corrected chi connectivity index (χ2v) is 4.59. The summed E-state index contributed by atoms with van der Waals surface area (Å²) < 4.78 is 4.68. The van der Waals surface area contributed by atoms with Gasteiger partial charge in [-0.15, -0.1) is 0 Å². The third-order valence-corrected chi connectivity index (χ3v) is 2.93. The molecule has 0 aliphatic heterocycles. The Kier molecular flexibility index (Phi) is 7.42. The number of nitrogens with one attached hydrogen (secondary N) is 1. The molecule has 2 N–H and O–H groups in total. The summed E-state index contributed by atoms with van der Waals surface area (Å²) in [5.74, 6) is -0.722. The third kappa shape index (κ3) is 5.53. The molecule has 0 bridgehead atoms. The molecule has 0 heterocycles. The molecule has 1 amide bonds. The highest BCUT2D eigenvalue weighted by Gasteiger charge is 2.15. The van der Waals surface area contributed by atoms with Crippen molar-refractivity contribution in [1.29, 1.82) is 0 Å². The van der Waals surface area contributed by atoms with Gasteiger partial charge in [0.05, 0.1) is 31.5 Å². The highest BCUT2D eigenvalue weighted by molar-refractivity contribution is 6.01. The van der Waals surface area contributed by atoms with Crippen LogP contribution >= 0.6 is 0 Å². The minimum atomic E-state index is -0.494. The predicted molar refractivity (Wildman–Crippen MR) is 80.2 cm³/mol. The molecule has 0 atom stereocenters. The molecular formula is C15H22N2O4. The first-order valence-electron chi connectivity index (χ1n) is 6.92. The lowest BCUT2D eigenvalue weighted by Gasteiger charge is -2.20. The van der Waals surface area contributed by atoms with Crippen LogP contribution in [0.4, 0.5) is 5.69 Å². The van der Waals surface area contributed by atoms with E-state index in [1.54, 1.807) is 24.3 Å². The SMILES string of the molecule is CCCN(CCO)CC(=O)Nc1ccccc1C(=O)OC. The number of esters is 1. The van der Waals surface area contributed by atoms with Crippen LogP contribution in [0.25, 0.3) is 0 Å². The minimum Gasteiger partial charge on any atom is -0.465 e. The molecular weight excluding hydrogens is 272 g/mol. The molecule has 0 radical (unpaired) electrons. The number of rotatable bonds is 8. The Hall–Kier alpha value is -1.92. The fraction of sp³-hybridized carbons (Fsp3) is 0.467. The van der Waals surface area contributed by atoms with E-state index in [0.717, 1.165) is 13.0 Å². The lowest BCUT2D eigenvalue weighted by molar-refractivity contribution is -0.117. The quantitative estimate of drug-likeness (QED) is 0.702. The normalized spacial score (nSPS) is 10.5. The first-order chi connectivity index (χ1) is 10.1. The fourth-order valence-electron chi connectivity index (χ4n) is 2.00. The van der Waals surface area contributed by atoms with Crippen molar-refractivity contribution in [2.45, 2.75) is 13.3 Å². The van der Waals surface area contributed by atoms with E-state index in [9.17, 15) is 9.59 Å².